The molecule has 6 nitrogen and oxygen atoms in total. The van der Waals surface area contributed by atoms with Crippen LogP contribution in [-0.4, -0.2) is 22.1 Å². The summed E-state index contributed by atoms with van der Waals surface area (Å²) in [5.41, 5.74) is -2.40. The minimum atomic E-state index is -4.82. The molecule has 1 aliphatic rings. The number of halogens is 3. The highest BCUT2D eigenvalue weighted by molar-refractivity contribution is 7.09. The lowest BCUT2D eigenvalue weighted by Gasteiger charge is -2.17. The van der Waals surface area contributed by atoms with E-state index in [9.17, 15) is 27.6 Å². The molecular formula is C21H24F3NO5S. The monoisotopic (exact) mass is 459 g/mol. The number of thiazole rings is 1. The molecule has 1 heterocycles. The summed E-state index contributed by atoms with van der Waals surface area (Å²) in [7, 11) is 0. The minimum Gasteiger partial charge on any atom is -0.460 e. The molecule has 2 atom stereocenters. The fourth-order valence-corrected chi connectivity index (χ4v) is 4.24. The number of carbonyl (C=O) groups excluding carboxylic acids is 2. The number of terminal acetylenes is 1. The van der Waals surface area contributed by atoms with Gasteiger partial charge in [0.15, 0.2) is 0 Å². The molecule has 1 fully saturated rings. The summed E-state index contributed by atoms with van der Waals surface area (Å²) in [6.45, 7) is 7.50. The Hall–Kier alpha value is -2.54. The predicted molar refractivity (Wildman–Crippen MR) is 108 cm³/mol. The fraction of sp³-hybridized carbons (Fsp3) is 0.571. The van der Waals surface area contributed by atoms with E-state index in [1.165, 1.54) is 6.08 Å². The lowest BCUT2D eigenvalue weighted by Crippen LogP contribution is -2.22. The lowest BCUT2D eigenvalue weighted by molar-refractivity contribution is -0.151. The maximum atomic E-state index is 13.4. The Kier molecular flexibility index (Phi) is 6.81. The Balaban J connectivity index is 2.10. The topological polar surface area (TPSA) is 74.6 Å². The quantitative estimate of drug-likeness (QED) is 0.368. The van der Waals surface area contributed by atoms with Crippen LogP contribution < -0.4 is 4.87 Å². The van der Waals surface area contributed by atoms with Gasteiger partial charge in [0.25, 0.3) is 0 Å². The number of esters is 2. The third kappa shape index (κ3) is 5.79. The third-order valence-corrected chi connectivity index (χ3v) is 5.79. The largest absolute Gasteiger partial charge is 0.460 e. The SMILES string of the molecule is C#CCn1c(C(F)(F)F)c(COC(=O)[C@@H]2[C@H](C=CC(=O)OC(C)(C)C)C2(C)C)sc1=O. The molecule has 0 aromatic carbocycles. The van der Waals surface area contributed by atoms with Crippen LogP contribution in [0.25, 0.3) is 0 Å². The van der Waals surface area contributed by atoms with Crippen LogP contribution in [0.1, 0.15) is 45.2 Å². The Labute approximate surface area is 182 Å². The number of aromatic nitrogens is 1. The second-order valence-electron chi connectivity index (χ2n) is 8.75. The van der Waals surface area contributed by atoms with Crippen molar-refractivity contribution in [3.63, 3.8) is 0 Å². The van der Waals surface area contributed by atoms with E-state index in [1.54, 1.807) is 40.7 Å². The molecule has 1 saturated carbocycles. The number of alkyl halides is 3. The van der Waals surface area contributed by atoms with Crippen LogP contribution in [0.2, 0.25) is 0 Å². The zero-order valence-corrected chi connectivity index (χ0v) is 18.6. The molecule has 1 aromatic heterocycles. The van der Waals surface area contributed by atoms with E-state index < -0.39 is 63.6 Å². The molecule has 0 N–H and O–H groups in total. The summed E-state index contributed by atoms with van der Waals surface area (Å²) in [5.74, 6) is -0.220. The van der Waals surface area contributed by atoms with Crippen molar-refractivity contribution in [3.8, 4) is 12.3 Å². The molecule has 0 unspecified atom stereocenters. The van der Waals surface area contributed by atoms with Crippen molar-refractivity contribution in [1.29, 1.82) is 0 Å². The van der Waals surface area contributed by atoms with Crippen LogP contribution in [0.4, 0.5) is 13.2 Å². The summed E-state index contributed by atoms with van der Waals surface area (Å²) in [6, 6.07) is 0. The van der Waals surface area contributed by atoms with Gasteiger partial charge in [-0.1, -0.05) is 37.2 Å². The molecule has 2 rings (SSSR count). The molecular weight excluding hydrogens is 435 g/mol. The number of ether oxygens (including phenoxy) is 2. The zero-order chi connectivity index (χ0) is 23.8. The molecule has 0 amide bonds. The summed E-state index contributed by atoms with van der Waals surface area (Å²) in [6.07, 6.45) is 3.01. The average molecular weight is 459 g/mol. The van der Waals surface area contributed by atoms with Crippen LogP contribution in [0.15, 0.2) is 16.9 Å². The van der Waals surface area contributed by atoms with Gasteiger partial charge in [-0.25, -0.2) is 4.79 Å². The minimum absolute atomic E-state index is 0.334. The van der Waals surface area contributed by atoms with Crippen LogP contribution in [0, 0.1) is 29.6 Å². The first kappa shape index (κ1) is 24.7. The molecule has 31 heavy (non-hydrogen) atoms. The van der Waals surface area contributed by atoms with Gasteiger partial charge in [0.2, 0.25) is 0 Å². The first-order chi connectivity index (χ1) is 14.1. The summed E-state index contributed by atoms with van der Waals surface area (Å²) < 4.78 is 50.9. The summed E-state index contributed by atoms with van der Waals surface area (Å²) in [4.78, 5) is 34.9. The van der Waals surface area contributed by atoms with Crippen LogP contribution >= 0.6 is 11.3 Å². The Morgan fingerprint density at radius 1 is 1.29 bits per heavy atom. The van der Waals surface area contributed by atoms with Gasteiger partial charge in [0, 0.05) is 6.08 Å². The van der Waals surface area contributed by atoms with Crippen molar-refractivity contribution < 1.29 is 32.2 Å². The first-order valence-corrected chi connectivity index (χ1v) is 10.2. The van der Waals surface area contributed by atoms with Crippen LogP contribution in [0.3, 0.4) is 0 Å². The van der Waals surface area contributed by atoms with Gasteiger partial charge < -0.3 is 9.47 Å². The summed E-state index contributed by atoms with van der Waals surface area (Å²) in [5, 5.41) is 0. The van der Waals surface area contributed by atoms with Crippen LogP contribution in [0.5, 0.6) is 0 Å². The molecule has 0 radical (unpaired) electrons. The number of carbonyl (C=O) groups is 2. The smallest absolute Gasteiger partial charge is 0.432 e. The van der Waals surface area contributed by atoms with Crippen molar-refractivity contribution in [2.75, 3.05) is 0 Å². The van der Waals surface area contributed by atoms with E-state index in [0.29, 0.717) is 15.9 Å². The number of hydrogen-bond acceptors (Lipinski definition) is 6. The second kappa shape index (κ2) is 8.54. The van der Waals surface area contributed by atoms with E-state index in [-0.39, 0.29) is 5.92 Å². The van der Waals surface area contributed by atoms with Crippen molar-refractivity contribution in [1.82, 2.24) is 4.57 Å². The molecule has 1 aliphatic carbocycles. The highest BCUT2D eigenvalue weighted by atomic mass is 32.1. The van der Waals surface area contributed by atoms with Crippen molar-refractivity contribution >= 4 is 23.3 Å². The highest BCUT2D eigenvalue weighted by Crippen LogP contribution is 2.59. The van der Waals surface area contributed by atoms with E-state index in [2.05, 4.69) is 0 Å². The van der Waals surface area contributed by atoms with E-state index in [0.717, 1.165) is 0 Å². The van der Waals surface area contributed by atoms with E-state index in [4.69, 9.17) is 15.9 Å². The molecule has 10 heteroatoms. The highest BCUT2D eigenvalue weighted by Gasteiger charge is 2.61. The molecule has 0 spiro atoms. The lowest BCUT2D eigenvalue weighted by atomic mass is 10.1. The van der Waals surface area contributed by atoms with Gasteiger partial charge in [0.05, 0.1) is 17.3 Å². The van der Waals surface area contributed by atoms with Gasteiger partial charge >= 0.3 is 23.0 Å². The maximum absolute atomic E-state index is 13.4. The second-order valence-corrected chi connectivity index (χ2v) is 9.80. The van der Waals surface area contributed by atoms with Gasteiger partial charge in [-0.2, -0.15) is 13.2 Å². The number of allylic oxidation sites excluding steroid dienone is 1. The number of nitrogens with zero attached hydrogens (tertiary/aromatic N) is 1. The van der Waals surface area contributed by atoms with Crippen molar-refractivity contribution in [2.45, 2.75) is 59.5 Å². The normalized spacial score (nSPS) is 20.4. The van der Waals surface area contributed by atoms with E-state index in [1.807, 2.05) is 5.92 Å². The van der Waals surface area contributed by atoms with Gasteiger partial charge in [0.1, 0.15) is 17.9 Å². The molecule has 0 saturated heterocycles. The van der Waals surface area contributed by atoms with Gasteiger partial charge in [-0.05, 0) is 32.1 Å². The average Bonchev–Trinajstić information content (AvgIpc) is 2.98. The first-order valence-electron chi connectivity index (χ1n) is 9.40. The molecule has 0 aliphatic heterocycles. The molecule has 170 valence electrons. The van der Waals surface area contributed by atoms with Crippen LogP contribution in [-0.2, 0) is 38.4 Å². The van der Waals surface area contributed by atoms with Crippen molar-refractivity contribution in [2.24, 2.45) is 17.3 Å². The van der Waals surface area contributed by atoms with Gasteiger partial charge in [-0.3, -0.25) is 14.2 Å². The third-order valence-electron chi connectivity index (χ3n) is 4.84. The van der Waals surface area contributed by atoms with E-state index >= 15 is 0 Å². The molecule has 0 bridgehead atoms. The Morgan fingerprint density at radius 3 is 2.42 bits per heavy atom. The molecule has 1 aromatic rings. The fourth-order valence-electron chi connectivity index (χ4n) is 3.33. The number of hydrogen-bond donors (Lipinski definition) is 0. The van der Waals surface area contributed by atoms with Crippen molar-refractivity contribution in [3.05, 3.63) is 32.4 Å². The predicted octanol–water partition coefficient (Wildman–Crippen LogP) is 3.78. The summed E-state index contributed by atoms with van der Waals surface area (Å²) >= 11 is 0.341. The maximum Gasteiger partial charge on any atom is 0.432 e. The Morgan fingerprint density at radius 2 is 1.90 bits per heavy atom. The Bertz CT molecular complexity index is 989. The number of rotatable bonds is 6. The standard InChI is InChI=1S/C21H24F3NO5S/c1-7-10-25-16(21(22,23)24)13(31-18(25)28)11-29-17(27)15-12(20(15,5)6)8-9-14(26)30-19(2,3)4/h1,8-9,12,15H,10-11H2,2-6H3/t12-,15-/m0/s1. The van der Waals surface area contributed by atoms with Gasteiger partial charge in [-0.15, -0.1) is 6.42 Å². The zero-order valence-electron chi connectivity index (χ0n) is 17.8.